The van der Waals surface area contributed by atoms with Gasteiger partial charge in [-0.25, -0.2) is 0 Å². The molecule has 7 nitrogen and oxygen atoms in total. The van der Waals surface area contributed by atoms with Gasteiger partial charge < -0.3 is 9.30 Å². The summed E-state index contributed by atoms with van der Waals surface area (Å²) in [5.74, 6) is -0.458. The van der Waals surface area contributed by atoms with E-state index in [1.807, 2.05) is 16.7 Å². The second-order valence-corrected chi connectivity index (χ2v) is 7.84. The van der Waals surface area contributed by atoms with Crippen molar-refractivity contribution in [3.63, 3.8) is 0 Å². The number of ether oxygens (including phenoxy) is 1. The number of hydrogen-bond donors (Lipinski definition) is 0. The number of benzene rings is 1. The lowest BCUT2D eigenvalue weighted by Gasteiger charge is -2.05. The topological polar surface area (TPSA) is 86.7 Å². The Hall–Kier alpha value is -2.33. The van der Waals surface area contributed by atoms with E-state index in [-0.39, 0.29) is 5.00 Å². The van der Waals surface area contributed by atoms with Crippen molar-refractivity contribution < 1.29 is 14.5 Å². The van der Waals surface area contributed by atoms with E-state index < -0.39 is 10.8 Å². The molecule has 0 atom stereocenters. The highest BCUT2D eigenvalue weighted by molar-refractivity contribution is 7.16. The number of nitro groups is 1. The fourth-order valence-electron chi connectivity index (χ4n) is 2.38. The molecule has 27 heavy (non-hydrogen) atoms. The number of rotatable bonds is 6. The van der Waals surface area contributed by atoms with Crippen LogP contribution in [-0.4, -0.2) is 29.1 Å². The number of para-hydroxylation sites is 1. The largest absolute Gasteiger partial charge is 0.383 e. The Morgan fingerprint density at radius 2 is 2.19 bits per heavy atom. The molecule has 3 aromatic rings. The zero-order valence-corrected chi connectivity index (χ0v) is 16.5. The number of thiazole rings is 1. The summed E-state index contributed by atoms with van der Waals surface area (Å²) in [6, 6.07) is 8.54. The van der Waals surface area contributed by atoms with Crippen LogP contribution in [0, 0.1) is 10.1 Å². The van der Waals surface area contributed by atoms with E-state index in [4.69, 9.17) is 16.3 Å². The average Bonchev–Trinajstić information content (AvgIpc) is 3.23. The van der Waals surface area contributed by atoms with E-state index in [1.165, 1.54) is 29.6 Å². The summed E-state index contributed by atoms with van der Waals surface area (Å²) in [5, 5.41) is 11.3. The predicted octanol–water partition coefficient (Wildman–Crippen LogP) is 4.11. The third-order valence-electron chi connectivity index (χ3n) is 3.56. The maximum absolute atomic E-state index is 12.3. The van der Waals surface area contributed by atoms with Gasteiger partial charge in [-0.3, -0.25) is 14.9 Å². The second kappa shape index (κ2) is 8.57. The van der Waals surface area contributed by atoms with Gasteiger partial charge in [0.05, 0.1) is 26.8 Å². The van der Waals surface area contributed by atoms with Crippen LogP contribution < -0.4 is 4.80 Å². The van der Waals surface area contributed by atoms with Crippen LogP contribution >= 0.6 is 34.3 Å². The van der Waals surface area contributed by atoms with E-state index in [0.717, 1.165) is 21.6 Å². The van der Waals surface area contributed by atoms with Crippen molar-refractivity contribution in [2.24, 2.45) is 4.99 Å². The van der Waals surface area contributed by atoms with Crippen LogP contribution in [0.15, 0.2) is 41.4 Å². The van der Waals surface area contributed by atoms with E-state index in [9.17, 15) is 14.9 Å². The lowest BCUT2D eigenvalue weighted by molar-refractivity contribution is -0.380. The van der Waals surface area contributed by atoms with Gasteiger partial charge in [-0.1, -0.05) is 40.3 Å². The highest BCUT2D eigenvalue weighted by Crippen LogP contribution is 2.26. The summed E-state index contributed by atoms with van der Waals surface area (Å²) < 4.78 is 7.91. The standard InChI is InChI=1S/C17H14ClN3O4S2/c1-25-10-9-20-16-12(18)3-2-4-13(16)27-17(20)19-14(22)7-5-11-6-8-15(26-11)21(23)24/h2-8H,9-10H2,1H3. The summed E-state index contributed by atoms with van der Waals surface area (Å²) in [6.07, 6.45) is 2.81. The van der Waals surface area contributed by atoms with Gasteiger partial charge in [-0.15, -0.1) is 0 Å². The minimum absolute atomic E-state index is 0.0237. The Kier molecular flexibility index (Phi) is 6.17. The molecule has 0 saturated heterocycles. The van der Waals surface area contributed by atoms with Crippen LogP contribution in [0.25, 0.3) is 16.3 Å². The van der Waals surface area contributed by atoms with Crippen LogP contribution in [-0.2, 0) is 16.1 Å². The first kappa shape index (κ1) is 19.4. The van der Waals surface area contributed by atoms with Crippen LogP contribution in [0.2, 0.25) is 5.02 Å². The number of carbonyl (C=O) groups is 1. The molecular formula is C17H14ClN3O4S2. The normalized spacial score (nSPS) is 12.3. The number of hydrogen-bond acceptors (Lipinski definition) is 6. The lowest BCUT2D eigenvalue weighted by Crippen LogP contribution is -2.19. The van der Waals surface area contributed by atoms with Gasteiger partial charge in [-0.2, -0.15) is 4.99 Å². The number of aromatic nitrogens is 1. The first-order chi connectivity index (χ1) is 13.0. The van der Waals surface area contributed by atoms with Crippen molar-refractivity contribution in [2.45, 2.75) is 6.54 Å². The summed E-state index contributed by atoms with van der Waals surface area (Å²) in [6.45, 7) is 0.959. The Morgan fingerprint density at radius 1 is 1.37 bits per heavy atom. The maximum Gasteiger partial charge on any atom is 0.324 e. The number of halogens is 1. The molecule has 0 aliphatic heterocycles. The highest BCUT2D eigenvalue weighted by Gasteiger charge is 2.11. The average molecular weight is 424 g/mol. The van der Waals surface area contributed by atoms with Crippen molar-refractivity contribution in [3.05, 3.63) is 61.2 Å². The molecule has 1 aromatic carbocycles. The molecule has 0 spiro atoms. The van der Waals surface area contributed by atoms with Gasteiger partial charge in [0, 0.05) is 30.7 Å². The number of amides is 1. The van der Waals surface area contributed by atoms with Crippen molar-refractivity contribution in [2.75, 3.05) is 13.7 Å². The molecule has 3 rings (SSSR count). The van der Waals surface area contributed by atoms with Gasteiger partial charge in [0.2, 0.25) is 0 Å². The van der Waals surface area contributed by atoms with E-state index in [2.05, 4.69) is 4.99 Å². The second-order valence-electron chi connectivity index (χ2n) is 5.33. The minimum atomic E-state index is -0.464. The molecule has 2 heterocycles. The molecule has 0 N–H and O–H groups in total. The van der Waals surface area contributed by atoms with Crippen LogP contribution in [0.4, 0.5) is 5.00 Å². The molecule has 140 valence electrons. The Balaban J connectivity index is 1.93. The minimum Gasteiger partial charge on any atom is -0.383 e. The van der Waals surface area contributed by atoms with Crippen molar-refractivity contribution in [3.8, 4) is 0 Å². The van der Waals surface area contributed by atoms with Crippen LogP contribution in [0.5, 0.6) is 0 Å². The molecule has 2 aromatic heterocycles. The SMILES string of the molecule is COCCn1c(=NC(=O)C=Cc2ccc([N+](=O)[O-])s2)sc2cccc(Cl)c21. The number of methoxy groups -OCH3 is 1. The zero-order chi connectivity index (χ0) is 19.4. The summed E-state index contributed by atoms with van der Waals surface area (Å²) in [5.41, 5.74) is 0.811. The molecule has 0 saturated carbocycles. The molecule has 0 bridgehead atoms. The molecular weight excluding hydrogens is 410 g/mol. The third kappa shape index (κ3) is 4.51. The Labute approximate surface area is 167 Å². The van der Waals surface area contributed by atoms with Gasteiger partial charge in [0.15, 0.2) is 4.80 Å². The molecule has 0 aliphatic carbocycles. The van der Waals surface area contributed by atoms with E-state index in [1.54, 1.807) is 19.2 Å². The van der Waals surface area contributed by atoms with Crippen molar-refractivity contribution in [1.29, 1.82) is 0 Å². The summed E-state index contributed by atoms with van der Waals surface area (Å²) in [4.78, 5) is 27.8. The van der Waals surface area contributed by atoms with Crippen LogP contribution in [0.3, 0.4) is 0 Å². The third-order valence-corrected chi connectivity index (χ3v) is 5.91. The molecule has 0 fully saturated rings. The van der Waals surface area contributed by atoms with Gasteiger partial charge in [0.25, 0.3) is 5.91 Å². The molecule has 1 amide bonds. The first-order valence-corrected chi connectivity index (χ1v) is 9.78. The molecule has 0 radical (unpaired) electrons. The first-order valence-electron chi connectivity index (χ1n) is 7.77. The fraction of sp³-hybridized carbons (Fsp3) is 0.176. The monoisotopic (exact) mass is 423 g/mol. The fourth-order valence-corrected chi connectivity index (χ4v) is 4.52. The van der Waals surface area contributed by atoms with Crippen molar-refractivity contribution in [1.82, 2.24) is 4.57 Å². The van der Waals surface area contributed by atoms with Gasteiger partial charge in [-0.05, 0) is 24.3 Å². The van der Waals surface area contributed by atoms with Gasteiger partial charge >= 0.3 is 5.00 Å². The molecule has 10 heteroatoms. The number of thiophene rings is 1. The van der Waals surface area contributed by atoms with Gasteiger partial charge in [0.1, 0.15) is 0 Å². The number of nitrogens with zero attached hydrogens (tertiary/aromatic N) is 3. The van der Waals surface area contributed by atoms with E-state index >= 15 is 0 Å². The Morgan fingerprint density at radius 3 is 2.89 bits per heavy atom. The predicted molar refractivity (Wildman–Crippen MR) is 107 cm³/mol. The summed E-state index contributed by atoms with van der Waals surface area (Å²) in [7, 11) is 1.60. The molecule has 0 aliphatic rings. The molecule has 0 unspecified atom stereocenters. The highest BCUT2D eigenvalue weighted by atomic mass is 35.5. The number of carbonyl (C=O) groups excluding carboxylic acids is 1. The Bertz CT molecular complexity index is 1100. The maximum atomic E-state index is 12.3. The number of fused-ring (bicyclic) bond motifs is 1. The summed E-state index contributed by atoms with van der Waals surface area (Å²) >= 11 is 8.67. The van der Waals surface area contributed by atoms with E-state index in [0.29, 0.717) is 27.9 Å². The quantitative estimate of drug-likeness (QED) is 0.339. The lowest BCUT2D eigenvalue weighted by atomic mass is 10.3. The smallest absolute Gasteiger partial charge is 0.324 e. The van der Waals surface area contributed by atoms with Crippen LogP contribution in [0.1, 0.15) is 4.88 Å². The zero-order valence-electron chi connectivity index (χ0n) is 14.1. The van der Waals surface area contributed by atoms with Crippen molar-refractivity contribution >= 4 is 61.5 Å².